The summed E-state index contributed by atoms with van der Waals surface area (Å²) in [5.74, 6) is 1.11. The maximum Gasteiger partial charge on any atom is 0.191 e. The van der Waals surface area contributed by atoms with Gasteiger partial charge in [-0.25, -0.2) is 9.38 Å². The monoisotopic (exact) mass is 363 g/mol. The summed E-state index contributed by atoms with van der Waals surface area (Å²) in [6, 6.07) is 5.43. The minimum atomic E-state index is -0.242. The predicted octanol–water partition coefficient (Wildman–Crippen LogP) is 2.84. The number of ether oxygens (including phenoxy) is 2. The summed E-state index contributed by atoms with van der Waals surface area (Å²) in [6.45, 7) is 8.95. The summed E-state index contributed by atoms with van der Waals surface area (Å²) in [6.07, 6.45) is 1.44. The van der Waals surface area contributed by atoms with E-state index in [-0.39, 0.29) is 17.8 Å². The Labute approximate surface area is 155 Å². The number of hydrogen-bond donors (Lipinski definition) is 2. The molecule has 0 amide bonds. The van der Waals surface area contributed by atoms with E-state index in [9.17, 15) is 4.39 Å². The first-order chi connectivity index (χ1) is 12.5. The number of hydrogen-bond acceptors (Lipinski definition) is 3. The van der Waals surface area contributed by atoms with Crippen molar-refractivity contribution in [1.29, 1.82) is 0 Å². The SMILES string of the molecule is CCNC(=NCc1ccc(F)c(COC)c1)NC1C2CCOC2C1(C)C. The Morgan fingerprint density at radius 2 is 2.23 bits per heavy atom. The minimum Gasteiger partial charge on any atom is -0.380 e. The summed E-state index contributed by atoms with van der Waals surface area (Å²) in [5.41, 5.74) is 1.62. The number of halogens is 1. The number of aliphatic imine (C=N–C) groups is 1. The van der Waals surface area contributed by atoms with Crippen LogP contribution in [0.3, 0.4) is 0 Å². The van der Waals surface area contributed by atoms with E-state index in [0.717, 1.165) is 31.1 Å². The maximum absolute atomic E-state index is 13.8. The molecule has 5 nitrogen and oxygen atoms in total. The van der Waals surface area contributed by atoms with E-state index in [1.807, 2.05) is 6.07 Å². The molecule has 3 rings (SSSR count). The largest absolute Gasteiger partial charge is 0.380 e. The molecule has 2 N–H and O–H groups in total. The first-order valence-corrected chi connectivity index (χ1v) is 9.40. The average Bonchev–Trinajstić information content (AvgIpc) is 3.07. The fourth-order valence-corrected chi connectivity index (χ4v) is 4.25. The van der Waals surface area contributed by atoms with Crippen molar-refractivity contribution in [3.05, 3.63) is 35.1 Å². The summed E-state index contributed by atoms with van der Waals surface area (Å²) >= 11 is 0. The first kappa shape index (κ1) is 19.1. The second-order valence-corrected chi connectivity index (χ2v) is 7.74. The van der Waals surface area contributed by atoms with E-state index >= 15 is 0 Å². The van der Waals surface area contributed by atoms with Crippen LogP contribution in [0.5, 0.6) is 0 Å². The smallest absolute Gasteiger partial charge is 0.191 e. The lowest BCUT2D eigenvalue weighted by Crippen LogP contribution is -2.67. The second-order valence-electron chi connectivity index (χ2n) is 7.74. The molecule has 3 atom stereocenters. The van der Waals surface area contributed by atoms with Crippen molar-refractivity contribution in [2.75, 3.05) is 20.3 Å². The fraction of sp³-hybridized carbons (Fsp3) is 0.650. The zero-order chi connectivity index (χ0) is 18.7. The molecule has 0 bridgehead atoms. The molecule has 0 radical (unpaired) electrons. The molecular weight excluding hydrogens is 333 g/mol. The van der Waals surface area contributed by atoms with Crippen LogP contribution in [0.1, 0.15) is 38.3 Å². The van der Waals surface area contributed by atoms with Gasteiger partial charge in [-0.2, -0.15) is 0 Å². The first-order valence-electron chi connectivity index (χ1n) is 9.40. The lowest BCUT2D eigenvalue weighted by Gasteiger charge is -2.54. The molecule has 6 heteroatoms. The Hall–Kier alpha value is -1.66. The van der Waals surface area contributed by atoms with Gasteiger partial charge in [-0.05, 0) is 31.0 Å². The van der Waals surface area contributed by atoms with Crippen molar-refractivity contribution >= 4 is 5.96 Å². The number of nitrogens with zero attached hydrogens (tertiary/aromatic N) is 1. The van der Waals surface area contributed by atoms with Crippen LogP contribution in [-0.4, -0.2) is 38.4 Å². The lowest BCUT2D eigenvalue weighted by molar-refractivity contribution is -0.106. The molecule has 3 unspecified atom stereocenters. The third-order valence-electron chi connectivity index (χ3n) is 5.57. The van der Waals surface area contributed by atoms with E-state index in [1.54, 1.807) is 13.2 Å². The molecule has 1 aliphatic heterocycles. The van der Waals surface area contributed by atoms with Crippen LogP contribution in [-0.2, 0) is 22.6 Å². The van der Waals surface area contributed by atoms with Crippen LogP contribution in [0.15, 0.2) is 23.2 Å². The number of rotatable bonds is 6. The molecule has 1 heterocycles. The van der Waals surface area contributed by atoms with E-state index in [0.29, 0.717) is 30.2 Å². The molecule has 1 saturated carbocycles. The number of benzene rings is 1. The van der Waals surface area contributed by atoms with E-state index < -0.39 is 0 Å². The summed E-state index contributed by atoms with van der Waals surface area (Å²) < 4.78 is 24.7. The van der Waals surface area contributed by atoms with Gasteiger partial charge in [0.25, 0.3) is 0 Å². The Balaban J connectivity index is 1.69. The van der Waals surface area contributed by atoms with Crippen LogP contribution in [0.4, 0.5) is 4.39 Å². The molecule has 1 saturated heterocycles. The summed E-state index contributed by atoms with van der Waals surface area (Å²) in [4.78, 5) is 4.71. The van der Waals surface area contributed by atoms with Gasteiger partial charge in [-0.15, -0.1) is 0 Å². The van der Waals surface area contributed by atoms with Gasteiger partial charge >= 0.3 is 0 Å². The molecule has 26 heavy (non-hydrogen) atoms. The second kappa shape index (κ2) is 7.92. The highest BCUT2D eigenvalue weighted by Gasteiger charge is 2.59. The molecule has 2 fully saturated rings. The van der Waals surface area contributed by atoms with Gasteiger partial charge < -0.3 is 20.1 Å². The summed E-state index contributed by atoms with van der Waals surface area (Å²) in [7, 11) is 1.57. The lowest BCUT2D eigenvalue weighted by atomic mass is 9.57. The Bertz CT molecular complexity index is 662. The third-order valence-corrected chi connectivity index (χ3v) is 5.57. The maximum atomic E-state index is 13.8. The van der Waals surface area contributed by atoms with Crippen LogP contribution in [0.25, 0.3) is 0 Å². The van der Waals surface area contributed by atoms with Gasteiger partial charge in [0.15, 0.2) is 5.96 Å². The van der Waals surface area contributed by atoms with Gasteiger partial charge in [-0.1, -0.05) is 19.9 Å². The highest BCUT2D eigenvalue weighted by molar-refractivity contribution is 5.80. The molecule has 0 aromatic heterocycles. The molecule has 1 aromatic carbocycles. The van der Waals surface area contributed by atoms with Gasteiger partial charge in [-0.3, -0.25) is 0 Å². The van der Waals surface area contributed by atoms with Gasteiger partial charge in [0.2, 0.25) is 0 Å². The fourth-order valence-electron chi connectivity index (χ4n) is 4.25. The number of methoxy groups -OCH3 is 1. The average molecular weight is 363 g/mol. The van der Waals surface area contributed by atoms with Crippen molar-refractivity contribution in [2.45, 2.75) is 52.5 Å². The third kappa shape index (κ3) is 3.71. The molecule has 1 aliphatic carbocycles. The van der Waals surface area contributed by atoms with E-state index in [2.05, 4.69) is 31.4 Å². The number of fused-ring (bicyclic) bond motifs is 1. The van der Waals surface area contributed by atoms with Gasteiger partial charge in [0.05, 0.1) is 19.3 Å². The zero-order valence-electron chi connectivity index (χ0n) is 16.1. The van der Waals surface area contributed by atoms with Crippen LogP contribution in [0.2, 0.25) is 0 Å². The highest BCUT2D eigenvalue weighted by Crippen LogP contribution is 2.52. The van der Waals surface area contributed by atoms with Crippen LogP contribution < -0.4 is 10.6 Å². The van der Waals surface area contributed by atoms with E-state index in [4.69, 9.17) is 14.5 Å². The van der Waals surface area contributed by atoms with Crippen molar-refractivity contribution in [3.8, 4) is 0 Å². The van der Waals surface area contributed by atoms with Gasteiger partial charge in [0.1, 0.15) is 5.82 Å². The Kier molecular flexibility index (Phi) is 5.82. The quantitative estimate of drug-likeness (QED) is 0.603. The highest BCUT2D eigenvalue weighted by atomic mass is 19.1. The standard InChI is InChI=1S/C20H30FN3O2/c1-5-22-19(24-17-15-8-9-26-18(15)20(17,2)3)23-11-13-6-7-16(21)14(10-13)12-25-4/h6-7,10,15,17-18H,5,8-9,11-12H2,1-4H3,(H2,22,23,24). The molecule has 144 valence electrons. The normalized spacial score (nSPS) is 27.0. The predicted molar refractivity (Wildman–Crippen MR) is 100 cm³/mol. The van der Waals surface area contributed by atoms with Gasteiger partial charge in [0, 0.05) is 43.2 Å². The number of nitrogens with one attached hydrogen (secondary N) is 2. The Morgan fingerprint density at radius 1 is 1.42 bits per heavy atom. The number of guanidine groups is 1. The van der Waals surface area contributed by atoms with Crippen LogP contribution in [0, 0.1) is 17.2 Å². The van der Waals surface area contributed by atoms with Crippen molar-refractivity contribution < 1.29 is 13.9 Å². The topological polar surface area (TPSA) is 54.9 Å². The van der Waals surface area contributed by atoms with Crippen molar-refractivity contribution in [3.63, 3.8) is 0 Å². The molecule has 0 spiro atoms. The summed E-state index contributed by atoms with van der Waals surface area (Å²) in [5, 5.41) is 6.92. The Morgan fingerprint density at radius 3 is 2.96 bits per heavy atom. The molecule has 1 aromatic rings. The molecule has 2 aliphatic rings. The van der Waals surface area contributed by atoms with Crippen LogP contribution >= 0.6 is 0 Å². The van der Waals surface area contributed by atoms with Crippen molar-refractivity contribution in [1.82, 2.24) is 10.6 Å². The van der Waals surface area contributed by atoms with Crippen molar-refractivity contribution in [2.24, 2.45) is 16.3 Å². The minimum absolute atomic E-state index is 0.0961. The molecular formula is C20H30FN3O2. The zero-order valence-corrected chi connectivity index (χ0v) is 16.1. The van der Waals surface area contributed by atoms with E-state index in [1.165, 1.54) is 6.07 Å².